The molecule has 21 heavy (non-hydrogen) atoms. The van der Waals surface area contributed by atoms with Crippen molar-refractivity contribution in [3.8, 4) is 5.82 Å². The normalized spacial score (nSPS) is 10.8. The summed E-state index contributed by atoms with van der Waals surface area (Å²) in [4.78, 5) is 8.71. The Labute approximate surface area is 123 Å². The van der Waals surface area contributed by atoms with Gasteiger partial charge in [-0.2, -0.15) is 5.10 Å². The second kappa shape index (κ2) is 5.40. The van der Waals surface area contributed by atoms with E-state index in [4.69, 9.17) is 0 Å². The molecule has 0 aliphatic heterocycles. The summed E-state index contributed by atoms with van der Waals surface area (Å²) in [6, 6.07) is 3.95. The molecule has 0 aromatic carbocycles. The van der Waals surface area contributed by atoms with Crippen molar-refractivity contribution in [1.82, 2.24) is 24.3 Å². The molecular formula is C15H18N6. The summed E-state index contributed by atoms with van der Waals surface area (Å²) in [6.07, 6.45) is 7.37. The van der Waals surface area contributed by atoms with E-state index in [-0.39, 0.29) is 0 Å². The SMILES string of the molecule is Cc1nccn1-c1ncccc1NCc1cnn(C)c1C. The summed E-state index contributed by atoms with van der Waals surface area (Å²) in [5, 5.41) is 7.70. The molecule has 6 heteroatoms. The van der Waals surface area contributed by atoms with E-state index in [1.54, 1.807) is 12.4 Å². The van der Waals surface area contributed by atoms with Crippen LogP contribution in [-0.2, 0) is 13.6 Å². The fourth-order valence-electron chi connectivity index (χ4n) is 2.24. The Morgan fingerprint density at radius 3 is 2.71 bits per heavy atom. The molecule has 0 fully saturated rings. The lowest BCUT2D eigenvalue weighted by molar-refractivity contribution is 0.738. The highest BCUT2D eigenvalue weighted by atomic mass is 15.3. The fourth-order valence-corrected chi connectivity index (χ4v) is 2.24. The zero-order valence-corrected chi connectivity index (χ0v) is 12.4. The molecular weight excluding hydrogens is 264 g/mol. The maximum atomic E-state index is 4.46. The minimum Gasteiger partial charge on any atom is -0.378 e. The van der Waals surface area contributed by atoms with E-state index >= 15 is 0 Å². The number of nitrogens with one attached hydrogen (secondary N) is 1. The lowest BCUT2D eigenvalue weighted by Gasteiger charge is -2.12. The molecule has 3 heterocycles. The van der Waals surface area contributed by atoms with Crippen molar-refractivity contribution >= 4 is 5.69 Å². The lowest BCUT2D eigenvalue weighted by atomic mass is 10.2. The van der Waals surface area contributed by atoms with Gasteiger partial charge in [-0.3, -0.25) is 9.25 Å². The maximum absolute atomic E-state index is 4.46. The smallest absolute Gasteiger partial charge is 0.161 e. The van der Waals surface area contributed by atoms with Crippen molar-refractivity contribution < 1.29 is 0 Å². The van der Waals surface area contributed by atoms with Gasteiger partial charge in [-0.1, -0.05) is 0 Å². The molecule has 6 nitrogen and oxygen atoms in total. The van der Waals surface area contributed by atoms with E-state index in [1.165, 1.54) is 5.56 Å². The maximum Gasteiger partial charge on any atom is 0.161 e. The Morgan fingerprint density at radius 1 is 1.19 bits per heavy atom. The number of aromatic nitrogens is 5. The molecule has 0 spiro atoms. The standard InChI is InChI=1S/C15H18N6/c1-11-13(10-19-20(11)3)9-18-14-5-4-6-17-15(14)21-8-7-16-12(21)2/h4-8,10,18H,9H2,1-3H3. The number of hydrogen-bond acceptors (Lipinski definition) is 4. The van der Waals surface area contributed by atoms with Crippen LogP contribution in [0.5, 0.6) is 0 Å². The van der Waals surface area contributed by atoms with Crippen LogP contribution in [0.2, 0.25) is 0 Å². The summed E-state index contributed by atoms with van der Waals surface area (Å²) in [6.45, 7) is 4.74. The van der Waals surface area contributed by atoms with Crippen LogP contribution in [0.15, 0.2) is 36.9 Å². The van der Waals surface area contributed by atoms with Crippen molar-refractivity contribution in [3.63, 3.8) is 0 Å². The van der Waals surface area contributed by atoms with E-state index in [9.17, 15) is 0 Å². The second-order valence-electron chi connectivity index (χ2n) is 4.95. The first-order chi connectivity index (χ1) is 10.2. The van der Waals surface area contributed by atoms with Gasteiger partial charge in [-0.25, -0.2) is 9.97 Å². The van der Waals surface area contributed by atoms with E-state index in [0.717, 1.165) is 23.0 Å². The third-order valence-corrected chi connectivity index (χ3v) is 3.65. The quantitative estimate of drug-likeness (QED) is 0.797. The van der Waals surface area contributed by atoms with Gasteiger partial charge in [-0.15, -0.1) is 0 Å². The number of pyridine rings is 1. The first kappa shape index (κ1) is 13.4. The molecule has 3 aromatic rings. The Balaban J connectivity index is 1.87. The predicted octanol–water partition coefficient (Wildman–Crippen LogP) is 2.23. The van der Waals surface area contributed by atoms with Crippen molar-refractivity contribution in [2.75, 3.05) is 5.32 Å². The van der Waals surface area contributed by atoms with E-state index < -0.39 is 0 Å². The molecule has 0 aliphatic carbocycles. The van der Waals surface area contributed by atoms with Gasteiger partial charge in [-0.05, 0) is 26.0 Å². The van der Waals surface area contributed by atoms with Gasteiger partial charge < -0.3 is 5.32 Å². The van der Waals surface area contributed by atoms with Gasteiger partial charge in [0.05, 0.1) is 11.9 Å². The summed E-state index contributed by atoms with van der Waals surface area (Å²) in [7, 11) is 1.95. The summed E-state index contributed by atoms with van der Waals surface area (Å²) in [5.74, 6) is 1.77. The molecule has 0 amide bonds. The largest absolute Gasteiger partial charge is 0.378 e. The average Bonchev–Trinajstić information content (AvgIpc) is 3.05. The first-order valence-electron chi connectivity index (χ1n) is 6.83. The third-order valence-electron chi connectivity index (χ3n) is 3.65. The highest BCUT2D eigenvalue weighted by Gasteiger charge is 2.09. The molecule has 0 bridgehead atoms. The molecule has 0 unspecified atom stereocenters. The van der Waals surface area contributed by atoms with Crippen LogP contribution in [0.1, 0.15) is 17.1 Å². The highest BCUT2D eigenvalue weighted by Crippen LogP contribution is 2.19. The number of rotatable bonds is 4. The topological polar surface area (TPSA) is 60.6 Å². The number of aryl methyl sites for hydroxylation is 2. The minimum absolute atomic E-state index is 0.714. The molecule has 108 valence electrons. The lowest BCUT2D eigenvalue weighted by Crippen LogP contribution is -2.07. The monoisotopic (exact) mass is 282 g/mol. The number of anilines is 1. The van der Waals surface area contributed by atoms with Crippen LogP contribution >= 0.6 is 0 Å². The molecule has 1 N–H and O–H groups in total. The molecule has 0 saturated heterocycles. The fraction of sp³-hybridized carbons (Fsp3) is 0.267. The zero-order valence-electron chi connectivity index (χ0n) is 12.4. The summed E-state index contributed by atoms with van der Waals surface area (Å²) < 4.78 is 3.85. The average molecular weight is 282 g/mol. The molecule has 0 saturated carbocycles. The molecule has 3 rings (SSSR count). The van der Waals surface area contributed by atoms with Gasteiger partial charge in [0.15, 0.2) is 5.82 Å². The van der Waals surface area contributed by atoms with Crippen molar-refractivity contribution in [2.45, 2.75) is 20.4 Å². The van der Waals surface area contributed by atoms with Crippen molar-refractivity contribution in [2.24, 2.45) is 7.05 Å². The summed E-state index contributed by atoms with van der Waals surface area (Å²) >= 11 is 0. The third kappa shape index (κ3) is 2.52. The van der Waals surface area contributed by atoms with Crippen LogP contribution in [-0.4, -0.2) is 24.3 Å². The Kier molecular flexibility index (Phi) is 3.43. The van der Waals surface area contributed by atoms with Crippen LogP contribution in [0.25, 0.3) is 5.82 Å². The first-order valence-corrected chi connectivity index (χ1v) is 6.83. The molecule has 0 aliphatic rings. The Bertz CT molecular complexity index is 755. The van der Waals surface area contributed by atoms with Gasteiger partial charge in [0.1, 0.15) is 5.82 Å². The van der Waals surface area contributed by atoms with E-state index in [1.807, 2.05) is 47.7 Å². The van der Waals surface area contributed by atoms with Gasteiger partial charge in [0.2, 0.25) is 0 Å². The molecule has 3 aromatic heterocycles. The molecule has 0 radical (unpaired) electrons. The highest BCUT2D eigenvalue weighted by molar-refractivity contribution is 5.57. The zero-order chi connectivity index (χ0) is 14.8. The van der Waals surface area contributed by atoms with E-state index in [0.29, 0.717) is 6.54 Å². The van der Waals surface area contributed by atoms with Crippen LogP contribution < -0.4 is 5.32 Å². The second-order valence-corrected chi connectivity index (χ2v) is 4.95. The van der Waals surface area contributed by atoms with Crippen molar-refractivity contribution in [1.29, 1.82) is 0 Å². The summed E-state index contributed by atoms with van der Waals surface area (Å²) in [5.41, 5.74) is 3.31. The van der Waals surface area contributed by atoms with Crippen LogP contribution in [0.3, 0.4) is 0 Å². The minimum atomic E-state index is 0.714. The van der Waals surface area contributed by atoms with Gasteiger partial charge in [0, 0.05) is 43.4 Å². The number of nitrogens with zero attached hydrogens (tertiary/aromatic N) is 5. The predicted molar refractivity (Wildman–Crippen MR) is 81.4 cm³/mol. The van der Waals surface area contributed by atoms with Crippen LogP contribution in [0.4, 0.5) is 5.69 Å². The van der Waals surface area contributed by atoms with Gasteiger partial charge >= 0.3 is 0 Å². The number of hydrogen-bond donors (Lipinski definition) is 1. The van der Waals surface area contributed by atoms with E-state index in [2.05, 4.69) is 27.3 Å². The van der Waals surface area contributed by atoms with Crippen LogP contribution in [0, 0.1) is 13.8 Å². The number of imidazole rings is 1. The van der Waals surface area contributed by atoms with Gasteiger partial charge in [0.25, 0.3) is 0 Å². The molecule has 0 atom stereocenters. The van der Waals surface area contributed by atoms with Crippen molar-refractivity contribution in [3.05, 3.63) is 54.0 Å². The Hall–Kier alpha value is -2.63. The Morgan fingerprint density at radius 2 is 2.05 bits per heavy atom.